The lowest BCUT2D eigenvalue weighted by molar-refractivity contribution is 0.306. The summed E-state index contributed by atoms with van der Waals surface area (Å²) in [5, 5.41) is 5.67. The molecule has 1 aromatic heterocycles. The first kappa shape index (κ1) is 26.5. The number of aliphatic imine (C=N–C) groups is 1. The van der Waals surface area contributed by atoms with E-state index >= 15 is 0 Å². The van der Waals surface area contributed by atoms with Gasteiger partial charge in [0.05, 0.1) is 12.6 Å². The number of nitrogens with one attached hydrogen (secondary N) is 1. The highest BCUT2D eigenvalue weighted by atomic mass is 32.1. The molecule has 39 heavy (non-hydrogen) atoms. The van der Waals surface area contributed by atoms with Gasteiger partial charge in [-0.3, -0.25) is 4.99 Å². The maximum Gasteiger partial charge on any atom is 0.133 e. The van der Waals surface area contributed by atoms with E-state index in [0.717, 1.165) is 38.2 Å². The summed E-state index contributed by atoms with van der Waals surface area (Å²) in [6.45, 7) is 4.85. The van der Waals surface area contributed by atoms with E-state index in [0.29, 0.717) is 6.54 Å². The number of nitrogens with zero attached hydrogens (tertiary/aromatic N) is 3. The molecule has 4 nitrogen and oxygen atoms in total. The minimum Gasteiger partial charge on any atom is -0.330 e. The summed E-state index contributed by atoms with van der Waals surface area (Å²) in [6.07, 6.45) is 0. The highest BCUT2D eigenvalue weighted by molar-refractivity contribution is 7.19. The van der Waals surface area contributed by atoms with Crippen LogP contribution in [0, 0.1) is 13.8 Å². The zero-order valence-electron chi connectivity index (χ0n) is 22.9. The summed E-state index contributed by atoms with van der Waals surface area (Å²) >= 11 is 1.66. The van der Waals surface area contributed by atoms with E-state index in [4.69, 9.17) is 9.98 Å². The fraction of sp³-hybridized carbons (Fsp3) is 0.176. The molecule has 4 aromatic carbocycles. The number of benzene rings is 4. The number of thiazole rings is 1. The van der Waals surface area contributed by atoms with Gasteiger partial charge in [0.2, 0.25) is 0 Å². The lowest BCUT2D eigenvalue weighted by atomic mass is 10.0. The van der Waals surface area contributed by atoms with Crippen LogP contribution in [-0.4, -0.2) is 36.4 Å². The summed E-state index contributed by atoms with van der Waals surface area (Å²) in [4.78, 5) is 12.5. The second kappa shape index (κ2) is 12.2. The van der Waals surface area contributed by atoms with Crippen molar-refractivity contribution in [2.75, 3.05) is 26.0 Å². The van der Waals surface area contributed by atoms with Crippen LogP contribution in [0.15, 0.2) is 114 Å². The van der Waals surface area contributed by atoms with E-state index in [1.54, 1.807) is 11.3 Å². The van der Waals surface area contributed by atoms with Gasteiger partial charge in [0.15, 0.2) is 0 Å². The molecule has 1 unspecified atom stereocenters. The number of amidine groups is 1. The maximum atomic E-state index is 5.20. The molecule has 1 heterocycles. The van der Waals surface area contributed by atoms with Crippen molar-refractivity contribution in [3.8, 4) is 21.8 Å². The van der Waals surface area contributed by atoms with E-state index in [2.05, 4.69) is 135 Å². The van der Waals surface area contributed by atoms with Gasteiger partial charge in [-0.2, -0.15) is 0 Å². The van der Waals surface area contributed by atoms with E-state index in [-0.39, 0.29) is 6.04 Å². The van der Waals surface area contributed by atoms with E-state index in [9.17, 15) is 0 Å². The van der Waals surface area contributed by atoms with Crippen LogP contribution in [0.25, 0.3) is 21.8 Å². The molecule has 5 aromatic rings. The Kier molecular flexibility index (Phi) is 8.30. The van der Waals surface area contributed by atoms with Crippen molar-refractivity contribution in [2.24, 2.45) is 4.99 Å². The first-order valence-electron chi connectivity index (χ1n) is 13.2. The standard InChI is InChI=1S/C34H34N4S/c1-24-15-19-26(20-16-24)30(38(3)4)23-35-32(28-21-17-25(2)18-22-28)37-34-31(27-11-7-5-8-12-27)36-33(39-34)29-13-9-6-10-14-29/h5-22,30H,23H2,1-4H3,(H,35,37). The molecule has 0 radical (unpaired) electrons. The van der Waals surface area contributed by atoms with Gasteiger partial charge in [0, 0.05) is 16.7 Å². The fourth-order valence-corrected chi connectivity index (χ4v) is 5.45. The third-order valence-corrected chi connectivity index (χ3v) is 7.78. The van der Waals surface area contributed by atoms with Gasteiger partial charge < -0.3 is 10.2 Å². The molecule has 0 aliphatic rings. The van der Waals surface area contributed by atoms with Crippen molar-refractivity contribution in [3.63, 3.8) is 0 Å². The second-order valence-electron chi connectivity index (χ2n) is 10.00. The predicted octanol–water partition coefficient (Wildman–Crippen LogP) is 8.26. The summed E-state index contributed by atoms with van der Waals surface area (Å²) in [6, 6.07) is 38.2. The van der Waals surface area contributed by atoms with Crippen molar-refractivity contribution in [1.29, 1.82) is 0 Å². The molecule has 0 spiro atoms. The van der Waals surface area contributed by atoms with Crippen molar-refractivity contribution in [2.45, 2.75) is 19.9 Å². The van der Waals surface area contributed by atoms with Crippen LogP contribution in [0.3, 0.4) is 0 Å². The zero-order chi connectivity index (χ0) is 27.2. The Labute approximate surface area is 235 Å². The first-order valence-corrected chi connectivity index (χ1v) is 14.0. The van der Waals surface area contributed by atoms with E-state index in [1.807, 2.05) is 12.1 Å². The van der Waals surface area contributed by atoms with Gasteiger partial charge in [0.1, 0.15) is 21.5 Å². The van der Waals surface area contributed by atoms with Gasteiger partial charge in [-0.1, -0.05) is 132 Å². The lowest BCUT2D eigenvalue weighted by Gasteiger charge is -2.24. The molecule has 5 heteroatoms. The molecule has 0 saturated heterocycles. The number of hydrogen-bond donors (Lipinski definition) is 1. The maximum absolute atomic E-state index is 5.20. The summed E-state index contributed by atoms with van der Waals surface area (Å²) < 4.78 is 0. The average molecular weight is 531 g/mol. The molecular weight excluding hydrogens is 496 g/mol. The van der Waals surface area contributed by atoms with E-state index in [1.165, 1.54) is 16.7 Å². The van der Waals surface area contributed by atoms with Crippen molar-refractivity contribution < 1.29 is 0 Å². The molecule has 0 amide bonds. The Hall–Kier alpha value is -4.06. The lowest BCUT2D eigenvalue weighted by Crippen LogP contribution is -2.24. The number of rotatable bonds is 8. The zero-order valence-corrected chi connectivity index (χ0v) is 23.7. The minimum absolute atomic E-state index is 0.155. The number of aryl methyl sites for hydroxylation is 2. The quantitative estimate of drug-likeness (QED) is 0.162. The molecule has 0 fully saturated rings. The highest BCUT2D eigenvalue weighted by Crippen LogP contribution is 2.38. The van der Waals surface area contributed by atoms with Crippen LogP contribution in [0.2, 0.25) is 0 Å². The van der Waals surface area contributed by atoms with Gasteiger partial charge in [-0.05, 0) is 33.5 Å². The van der Waals surface area contributed by atoms with Gasteiger partial charge in [-0.25, -0.2) is 4.98 Å². The van der Waals surface area contributed by atoms with Gasteiger partial charge in [0.25, 0.3) is 0 Å². The highest BCUT2D eigenvalue weighted by Gasteiger charge is 2.18. The second-order valence-corrected chi connectivity index (χ2v) is 11.0. The molecule has 0 aliphatic heterocycles. The number of likely N-dealkylation sites (N-methyl/N-ethyl adjacent to an activating group) is 1. The van der Waals surface area contributed by atoms with Crippen LogP contribution in [0.4, 0.5) is 5.00 Å². The SMILES string of the molecule is Cc1ccc(C(=NCC(c2ccc(C)cc2)N(C)C)Nc2sc(-c3ccccc3)nc2-c2ccccc2)cc1. The molecule has 5 rings (SSSR count). The monoisotopic (exact) mass is 530 g/mol. The largest absolute Gasteiger partial charge is 0.330 e. The number of hydrogen-bond acceptors (Lipinski definition) is 4. The van der Waals surface area contributed by atoms with Gasteiger partial charge >= 0.3 is 0 Å². The molecule has 1 atom stereocenters. The van der Waals surface area contributed by atoms with Crippen molar-refractivity contribution in [1.82, 2.24) is 9.88 Å². The third-order valence-electron chi connectivity index (χ3n) is 6.76. The van der Waals surface area contributed by atoms with E-state index < -0.39 is 0 Å². The minimum atomic E-state index is 0.155. The molecule has 196 valence electrons. The van der Waals surface area contributed by atoms with Crippen molar-refractivity contribution in [3.05, 3.63) is 131 Å². The Morgan fingerprint density at radius 2 is 1.33 bits per heavy atom. The van der Waals surface area contributed by atoms with Crippen LogP contribution in [0.1, 0.15) is 28.3 Å². The molecule has 0 aliphatic carbocycles. The Bertz CT molecular complexity index is 1520. The molecular formula is C34H34N4S. The topological polar surface area (TPSA) is 40.5 Å². The number of anilines is 1. The first-order chi connectivity index (χ1) is 19.0. The van der Waals surface area contributed by atoms with Crippen LogP contribution < -0.4 is 5.32 Å². The summed E-state index contributed by atoms with van der Waals surface area (Å²) in [5.41, 5.74) is 7.90. The average Bonchev–Trinajstić information content (AvgIpc) is 3.38. The van der Waals surface area contributed by atoms with Crippen LogP contribution in [-0.2, 0) is 0 Å². The Morgan fingerprint density at radius 1 is 0.769 bits per heavy atom. The molecule has 1 N–H and O–H groups in total. The molecule has 0 saturated carbocycles. The van der Waals surface area contributed by atoms with Gasteiger partial charge in [-0.15, -0.1) is 0 Å². The predicted molar refractivity (Wildman–Crippen MR) is 167 cm³/mol. The van der Waals surface area contributed by atoms with Crippen molar-refractivity contribution >= 4 is 22.2 Å². The smallest absolute Gasteiger partial charge is 0.133 e. The summed E-state index contributed by atoms with van der Waals surface area (Å²) in [5.74, 6) is 0.842. The third kappa shape index (κ3) is 6.51. The van der Waals surface area contributed by atoms with Crippen LogP contribution in [0.5, 0.6) is 0 Å². The Morgan fingerprint density at radius 3 is 1.92 bits per heavy atom. The molecule has 0 bridgehead atoms. The Balaban J connectivity index is 1.56. The number of aromatic nitrogens is 1. The summed E-state index contributed by atoms with van der Waals surface area (Å²) in [7, 11) is 4.23. The van der Waals surface area contributed by atoms with Crippen LogP contribution >= 0.6 is 11.3 Å². The normalized spacial score (nSPS) is 12.5. The fourth-order valence-electron chi connectivity index (χ4n) is 4.46.